The van der Waals surface area contributed by atoms with Gasteiger partial charge >= 0.3 is 0 Å². The first-order valence-corrected chi connectivity index (χ1v) is 11.1. The molecule has 4 aromatic rings. The molecule has 0 saturated carbocycles. The maximum atomic E-state index is 10.8. The number of non-ortho nitro benzene ring substituents is 1. The van der Waals surface area contributed by atoms with Crippen molar-refractivity contribution >= 4 is 28.3 Å². The Morgan fingerprint density at radius 2 is 1.00 bits per heavy atom. The van der Waals surface area contributed by atoms with Crippen molar-refractivity contribution in [2.24, 2.45) is 0 Å². The van der Waals surface area contributed by atoms with E-state index in [4.69, 9.17) is 0 Å². The minimum Gasteiger partial charge on any atom is -0.258 e. The number of hydrogen-bond acceptors (Lipinski definition) is 3. The van der Waals surface area contributed by atoms with Gasteiger partial charge in [0.1, 0.15) is 0 Å². The Morgan fingerprint density at radius 3 is 1.45 bits per heavy atom. The molecule has 0 N–H and O–H groups in total. The van der Waals surface area contributed by atoms with Crippen molar-refractivity contribution in [1.82, 2.24) is 0 Å². The van der Waals surface area contributed by atoms with Crippen molar-refractivity contribution in [2.75, 3.05) is 0 Å². The van der Waals surface area contributed by atoms with E-state index in [2.05, 4.69) is 72.8 Å². The van der Waals surface area contributed by atoms with Crippen LogP contribution in [0.5, 0.6) is 0 Å². The minimum atomic E-state index is -0.378. The van der Waals surface area contributed by atoms with Crippen molar-refractivity contribution in [2.45, 2.75) is 24.5 Å². The van der Waals surface area contributed by atoms with Gasteiger partial charge in [0.05, 0.1) is 15.8 Å². The third-order valence-corrected chi connectivity index (χ3v) is 7.55. The molecular weight excluding hydrogens is 398 g/mol. The maximum absolute atomic E-state index is 10.8. The fourth-order valence-corrected chi connectivity index (χ4v) is 5.84. The quantitative estimate of drug-likeness (QED) is 0.196. The minimum absolute atomic E-state index is 0.111. The first kappa shape index (κ1) is 19.3. The van der Waals surface area contributed by atoms with Gasteiger partial charge in [-0.1, -0.05) is 48.2 Å². The second-order valence-electron chi connectivity index (χ2n) is 6.26. The van der Waals surface area contributed by atoms with Gasteiger partial charge in [-0.3, -0.25) is 10.1 Å². The zero-order valence-corrected chi connectivity index (χ0v) is 17.1. The van der Waals surface area contributed by atoms with Crippen molar-refractivity contribution in [3.63, 3.8) is 0 Å². The summed E-state index contributed by atoms with van der Waals surface area (Å²) in [4.78, 5) is 16.3. The maximum Gasteiger partial charge on any atom is 0.269 e. The largest absolute Gasteiger partial charge is 0.269 e. The van der Waals surface area contributed by atoms with Crippen LogP contribution < -0.4 is 0 Å². The summed E-state index contributed by atoms with van der Waals surface area (Å²) in [6.07, 6.45) is 0. The van der Waals surface area contributed by atoms with Crippen molar-refractivity contribution in [3.8, 4) is 0 Å². The van der Waals surface area contributed by atoms with Crippen LogP contribution in [0.15, 0.2) is 134 Å². The van der Waals surface area contributed by atoms with Gasteiger partial charge in [0.15, 0.2) is 14.7 Å². The van der Waals surface area contributed by atoms with E-state index in [1.165, 1.54) is 14.7 Å². The molecule has 0 unspecified atom stereocenters. The Bertz CT molecular complexity index is 1040. The van der Waals surface area contributed by atoms with Crippen LogP contribution in [0.25, 0.3) is 0 Å². The molecular formula is C24H18NO2S2+. The second kappa shape index (κ2) is 8.99. The van der Waals surface area contributed by atoms with E-state index in [-0.39, 0.29) is 21.5 Å². The highest BCUT2D eigenvalue weighted by Crippen LogP contribution is 2.34. The van der Waals surface area contributed by atoms with E-state index >= 15 is 0 Å². The van der Waals surface area contributed by atoms with Gasteiger partial charge in [-0.15, -0.1) is 0 Å². The predicted molar refractivity (Wildman–Crippen MR) is 119 cm³/mol. The second-order valence-corrected chi connectivity index (χ2v) is 9.43. The predicted octanol–water partition coefficient (Wildman–Crippen LogP) is 6.84. The molecule has 0 heterocycles. The summed E-state index contributed by atoms with van der Waals surface area (Å²) in [6.45, 7) is 0. The van der Waals surface area contributed by atoms with E-state index in [1.807, 2.05) is 12.1 Å². The lowest BCUT2D eigenvalue weighted by molar-refractivity contribution is -0.384. The highest BCUT2D eigenvalue weighted by molar-refractivity contribution is 7.99. The summed E-state index contributed by atoms with van der Waals surface area (Å²) in [7, 11) is -0.162. The third kappa shape index (κ3) is 4.70. The van der Waals surface area contributed by atoms with Crippen LogP contribution in [0.4, 0.5) is 5.69 Å². The smallest absolute Gasteiger partial charge is 0.258 e. The van der Waals surface area contributed by atoms with Crippen molar-refractivity contribution < 1.29 is 4.92 Å². The molecule has 4 aromatic carbocycles. The molecule has 0 atom stereocenters. The van der Waals surface area contributed by atoms with Crippen LogP contribution >= 0.6 is 11.8 Å². The number of nitro benzene ring substituents is 1. The number of nitrogens with zero attached hydrogens (tertiary/aromatic N) is 1. The number of nitro groups is 1. The lowest BCUT2D eigenvalue weighted by Gasteiger charge is -2.08. The van der Waals surface area contributed by atoms with Gasteiger partial charge in [-0.2, -0.15) is 0 Å². The Morgan fingerprint density at radius 1 is 0.586 bits per heavy atom. The summed E-state index contributed by atoms with van der Waals surface area (Å²) in [6, 6.07) is 36.4. The first-order chi connectivity index (χ1) is 14.2. The molecule has 0 bridgehead atoms. The van der Waals surface area contributed by atoms with E-state index in [1.54, 1.807) is 36.0 Å². The molecule has 5 heteroatoms. The summed E-state index contributed by atoms with van der Waals surface area (Å²) in [5.74, 6) is 0. The fraction of sp³-hybridized carbons (Fsp3) is 0. The molecule has 0 amide bonds. The average Bonchev–Trinajstić information content (AvgIpc) is 2.77. The zero-order chi connectivity index (χ0) is 20.1. The molecule has 4 rings (SSSR count). The molecule has 0 aliphatic heterocycles. The van der Waals surface area contributed by atoms with Crippen molar-refractivity contribution in [1.29, 1.82) is 0 Å². The molecule has 0 aromatic heterocycles. The summed E-state index contributed by atoms with van der Waals surface area (Å²) in [5.41, 5.74) is 0.111. The summed E-state index contributed by atoms with van der Waals surface area (Å²) < 4.78 is 0. The third-order valence-electron chi connectivity index (χ3n) is 4.30. The van der Waals surface area contributed by atoms with Gasteiger partial charge < -0.3 is 0 Å². The summed E-state index contributed by atoms with van der Waals surface area (Å²) in [5, 5.41) is 10.8. The summed E-state index contributed by atoms with van der Waals surface area (Å²) >= 11 is 1.60. The first-order valence-electron chi connectivity index (χ1n) is 9.07. The van der Waals surface area contributed by atoms with Crippen LogP contribution in [-0.4, -0.2) is 4.92 Å². The molecule has 3 nitrogen and oxygen atoms in total. The van der Waals surface area contributed by atoms with E-state index in [9.17, 15) is 10.1 Å². The van der Waals surface area contributed by atoms with Crippen LogP contribution in [-0.2, 0) is 10.9 Å². The fourth-order valence-electron chi connectivity index (χ4n) is 2.94. The lowest BCUT2D eigenvalue weighted by atomic mass is 10.3. The van der Waals surface area contributed by atoms with Gasteiger partial charge in [-0.25, -0.2) is 0 Å². The molecule has 0 fully saturated rings. The molecule has 0 aliphatic rings. The van der Waals surface area contributed by atoms with E-state index in [0.717, 1.165) is 9.79 Å². The van der Waals surface area contributed by atoms with Gasteiger partial charge in [-0.05, 0) is 60.7 Å². The number of hydrogen-bond donors (Lipinski definition) is 0. The Balaban J connectivity index is 1.60. The topological polar surface area (TPSA) is 43.1 Å². The highest BCUT2D eigenvalue weighted by atomic mass is 32.2. The van der Waals surface area contributed by atoms with Crippen LogP contribution in [0.3, 0.4) is 0 Å². The van der Waals surface area contributed by atoms with Crippen LogP contribution in [0, 0.1) is 10.1 Å². The Labute approximate surface area is 176 Å². The highest BCUT2D eigenvalue weighted by Gasteiger charge is 2.28. The van der Waals surface area contributed by atoms with E-state index < -0.39 is 0 Å². The normalized spacial score (nSPS) is 10.8. The molecule has 0 radical (unpaired) electrons. The van der Waals surface area contributed by atoms with Gasteiger partial charge in [0, 0.05) is 21.9 Å². The lowest BCUT2D eigenvalue weighted by Crippen LogP contribution is -2.04. The van der Waals surface area contributed by atoms with Crippen LogP contribution in [0.1, 0.15) is 0 Å². The standard InChI is InChI=1S/C24H18NO2S2/c26-25(27)19-11-13-20(14-12-19)28-21-15-17-24(18-16-21)29(22-7-3-1-4-8-22)23-9-5-2-6-10-23/h1-18H/q+1. The van der Waals surface area contributed by atoms with Gasteiger partial charge in [0.25, 0.3) is 5.69 Å². The van der Waals surface area contributed by atoms with Crippen LogP contribution in [0.2, 0.25) is 0 Å². The van der Waals surface area contributed by atoms with E-state index in [0.29, 0.717) is 0 Å². The Kier molecular flexibility index (Phi) is 5.98. The molecule has 142 valence electrons. The number of benzene rings is 4. The average molecular weight is 417 g/mol. The monoisotopic (exact) mass is 416 g/mol. The molecule has 0 aliphatic carbocycles. The zero-order valence-electron chi connectivity index (χ0n) is 15.5. The molecule has 0 saturated heterocycles. The molecule has 29 heavy (non-hydrogen) atoms. The molecule has 0 spiro atoms. The van der Waals surface area contributed by atoms with Gasteiger partial charge in [0.2, 0.25) is 0 Å². The van der Waals surface area contributed by atoms with Crippen molar-refractivity contribution in [3.05, 3.63) is 119 Å². The SMILES string of the molecule is O=[N+]([O-])c1ccc(Sc2ccc([S+](c3ccccc3)c3ccccc3)cc2)cc1. The number of rotatable bonds is 6. The Hall–Kier alpha value is -3.02.